The maximum atomic E-state index is 11.8. The van der Waals surface area contributed by atoms with Gasteiger partial charge < -0.3 is 0 Å². The van der Waals surface area contributed by atoms with Crippen LogP contribution in [0.25, 0.3) is 0 Å². The molecule has 0 unspecified atom stereocenters. The zero-order chi connectivity index (χ0) is 11.1. The average Bonchev–Trinajstić information content (AvgIpc) is 1.81. The fraction of sp³-hybridized carbons (Fsp3) is 0.889. The number of Topliss-reactive ketones (excluding diaryl/α,β-unsaturated/α-hetero) is 1. The molecule has 0 amide bonds. The highest BCUT2D eigenvalue weighted by Crippen LogP contribution is 2.27. The van der Waals surface area contributed by atoms with E-state index in [4.69, 9.17) is 0 Å². The van der Waals surface area contributed by atoms with Crippen molar-refractivity contribution in [1.29, 1.82) is 0 Å². The number of carbonyl (C=O) groups excluding carboxylic acids is 1. The molecule has 0 aliphatic rings. The number of hydrogen-bond acceptors (Lipinski definition) is 3. The largest absolute Gasteiger partial charge is 0.297 e. The predicted octanol–water partition coefficient (Wildman–Crippen LogP) is 1.42. The monoisotopic (exact) mass is 206 g/mol. The van der Waals surface area contributed by atoms with Gasteiger partial charge in [0.05, 0.1) is 0 Å². The summed E-state index contributed by atoms with van der Waals surface area (Å²) < 4.78 is 21.4. The topological polar surface area (TPSA) is 51.2 Å². The molecule has 0 aliphatic carbocycles. The van der Waals surface area contributed by atoms with Crippen LogP contribution in [-0.4, -0.2) is 25.2 Å². The lowest BCUT2D eigenvalue weighted by Crippen LogP contribution is -2.46. The van der Waals surface area contributed by atoms with Gasteiger partial charge in [-0.25, -0.2) is 8.42 Å². The van der Waals surface area contributed by atoms with Crippen LogP contribution in [0.5, 0.6) is 0 Å². The van der Waals surface area contributed by atoms with Gasteiger partial charge in [-0.05, 0) is 13.8 Å². The highest BCUT2D eigenvalue weighted by atomic mass is 32.2. The van der Waals surface area contributed by atoms with E-state index in [0.29, 0.717) is 0 Å². The van der Waals surface area contributed by atoms with Crippen LogP contribution in [0.15, 0.2) is 0 Å². The van der Waals surface area contributed by atoms with Gasteiger partial charge >= 0.3 is 0 Å². The van der Waals surface area contributed by atoms with Gasteiger partial charge in [-0.15, -0.1) is 0 Å². The van der Waals surface area contributed by atoms with Crippen molar-refractivity contribution in [2.24, 2.45) is 5.41 Å². The molecule has 0 N–H and O–H groups in total. The zero-order valence-electron chi connectivity index (χ0n) is 9.13. The Hall–Kier alpha value is -0.380. The van der Waals surface area contributed by atoms with Crippen molar-refractivity contribution in [2.75, 3.05) is 6.26 Å². The molecule has 0 fully saturated rings. The molecule has 0 rings (SSSR count). The van der Waals surface area contributed by atoms with Gasteiger partial charge in [0.25, 0.3) is 0 Å². The third-order valence-electron chi connectivity index (χ3n) is 2.15. The molecule has 0 aromatic carbocycles. The molecule has 0 aliphatic heterocycles. The third-order valence-corrected chi connectivity index (χ3v) is 4.19. The quantitative estimate of drug-likeness (QED) is 0.686. The minimum Gasteiger partial charge on any atom is -0.297 e. The molecule has 0 saturated heterocycles. The molecule has 13 heavy (non-hydrogen) atoms. The van der Waals surface area contributed by atoms with E-state index in [0.717, 1.165) is 6.26 Å². The van der Waals surface area contributed by atoms with Crippen LogP contribution >= 0.6 is 0 Å². The number of hydrogen-bond donors (Lipinski definition) is 0. The van der Waals surface area contributed by atoms with Crippen LogP contribution in [0.3, 0.4) is 0 Å². The van der Waals surface area contributed by atoms with Gasteiger partial charge in [0.15, 0.2) is 15.6 Å². The molecular weight excluding hydrogens is 188 g/mol. The smallest absolute Gasteiger partial charge is 0.159 e. The molecule has 4 heteroatoms. The SMILES string of the molecule is CC(C)(C)C(=O)C(C)(C)S(C)(=O)=O. The van der Waals surface area contributed by atoms with E-state index >= 15 is 0 Å². The molecule has 78 valence electrons. The lowest BCUT2D eigenvalue weighted by molar-refractivity contribution is -0.128. The van der Waals surface area contributed by atoms with Crippen molar-refractivity contribution in [3.8, 4) is 0 Å². The minimum atomic E-state index is -3.33. The van der Waals surface area contributed by atoms with E-state index in [2.05, 4.69) is 0 Å². The molecule has 0 bridgehead atoms. The summed E-state index contributed by atoms with van der Waals surface area (Å²) in [6.45, 7) is 8.08. The van der Waals surface area contributed by atoms with Gasteiger partial charge in [0, 0.05) is 11.7 Å². The molecule has 0 spiro atoms. The fourth-order valence-corrected chi connectivity index (χ4v) is 1.71. The summed E-state index contributed by atoms with van der Waals surface area (Å²) in [6.07, 6.45) is 1.09. The normalized spacial score (nSPS) is 14.3. The van der Waals surface area contributed by atoms with E-state index in [1.54, 1.807) is 20.8 Å². The fourth-order valence-electron chi connectivity index (χ4n) is 1.07. The Morgan fingerprint density at radius 2 is 1.31 bits per heavy atom. The number of carbonyl (C=O) groups is 1. The van der Waals surface area contributed by atoms with E-state index in [1.165, 1.54) is 13.8 Å². The second-order valence-corrected chi connectivity index (χ2v) is 7.43. The summed E-state index contributed by atoms with van der Waals surface area (Å²) in [6, 6.07) is 0. The Morgan fingerprint density at radius 1 is 1.00 bits per heavy atom. The van der Waals surface area contributed by atoms with Crippen LogP contribution in [-0.2, 0) is 14.6 Å². The van der Waals surface area contributed by atoms with Crippen LogP contribution in [0.4, 0.5) is 0 Å². The van der Waals surface area contributed by atoms with Crippen molar-refractivity contribution in [1.82, 2.24) is 0 Å². The maximum Gasteiger partial charge on any atom is 0.159 e. The highest BCUT2D eigenvalue weighted by Gasteiger charge is 2.43. The summed E-state index contributed by atoms with van der Waals surface area (Å²) in [7, 11) is -3.33. The Bertz CT molecular complexity index is 304. The van der Waals surface area contributed by atoms with Crippen LogP contribution in [0.1, 0.15) is 34.6 Å². The van der Waals surface area contributed by atoms with Crippen molar-refractivity contribution in [3.05, 3.63) is 0 Å². The molecular formula is C9H18O3S. The Kier molecular flexibility index (Phi) is 2.99. The van der Waals surface area contributed by atoms with Crippen LogP contribution in [0, 0.1) is 5.41 Å². The van der Waals surface area contributed by atoms with Crippen molar-refractivity contribution < 1.29 is 13.2 Å². The summed E-state index contributed by atoms with van der Waals surface area (Å²) in [4.78, 5) is 11.8. The molecule has 0 aromatic rings. The first-order valence-electron chi connectivity index (χ1n) is 4.15. The van der Waals surface area contributed by atoms with Gasteiger partial charge in [0.1, 0.15) is 4.75 Å². The lowest BCUT2D eigenvalue weighted by Gasteiger charge is -2.28. The second kappa shape index (κ2) is 3.08. The number of sulfone groups is 1. The maximum absolute atomic E-state index is 11.8. The van der Waals surface area contributed by atoms with Crippen molar-refractivity contribution in [3.63, 3.8) is 0 Å². The first-order valence-corrected chi connectivity index (χ1v) is 6.04. The van der Waals surface area contributed by atoms with Gasteiger partial charge in [-0.1, -0.05) is 20.8 Å². The summed E-state index contributed by atoms with van der Waals surface area (Å²) in [5.74, 6) is -0.248. The molecule has 0 saturated carbocycles. The van der Waals surface area contributed by atoms with Gasteiger partial charge in [0.2, 0.25) is 0 Å². The summed E-state index contributed by atoms with van der Waals surface area (Å²) >= 11 is 0. The Balaban J connectivity index is 5.23. The van der Waals surface area contributed by atoms with E-state index < -0.39 is 20.0 Å². The number of rotatable bonds is 2. The van der Waals surface area contributed by atoms with E-state index in [9.17, 15) is 13.2 Å². The molecule has 0 radical (unpaired) electrons. The highest BCUT2D eigenvalue weighted by molar-refractivity contribution is 7.92. The molecule has 0 aromatic heterocycles. The van der Waals surface area contributed by atoms with Crippen molar-refractivity contribution in [2.45, 2.75) is 39.4 Å². The molecule has 0 atom stereocenters. The molecule has 0 heterocycles. The number of ketones is 1. The predicted molar refractivity (Wildman–Crippen MR) is 53.4 cm³/mol. The van der Waals surface area contributed by atoms with Gasteiger partial charge in [-0.3, -0.25) is 4.79 Å². The third kappa shape index (κ3) is 2.53. The first kappa shape index (κ1) is 12.6. The van der Waals surface area contributed by atoms with Crippen molar-refractivity contribution >= 4 is 15.6 Å². The van der Waals surface area contributed by atoms with E-state index in [-0.39, 0.29) is 5.78 Å². The molecule has 3 nitrogen and oxygen atoms in total. The van der Waals surface area contributed by atoms with Gasteiger partial charge in [-0.2, -0.15) is 0 Å². The lowest BCUT2D eigenvalue weighted by atomic mass is 9.84. The van der Waals surface area contributed by atoms with E-state index in [1.807, 2.05) is 0 Å². The zero-order valence-corrected chi connectivity index (χ0v) is 9.95. The van der Waals surface area contributed by atoms with Crippen LogP contribution in [0.2, 0.25) is 0 Å². The Labute approximate surface area is 80.4 Å². The second-order valence-electron chi connectivity index (χ2n) is 4.86. The summed E-state index contributed by atoms with van der Waals surface area (Å²) in [5, 5.41) is 0. The standard InChI is InChI=1S/C9H18O3S/c1-8(2,3)7(10)9(4,5)13(6,11)12/h1-6H3. The average molecular weight is 206 g/mol. The Morgan fingerprint density at radius 3 is 1.38 bits per heavy atom. The summed E-state index contributed by atoms with van der Waals surface area (Å²) in [5.41, 5.74) is -0.618. The minimum absolute atomic E-state index is 0.248. The van der Waals surface area contributed by atoms with Crippen LogP contribution < -0.4 is 0 Å². The first-order chi connectivity index (χ1) is 5.40.